The van der Waals surface area contributed by atoms with Crippen LogP contribution in [0, 0.1) is 6.92 Å². The number of nitrogens with zero attached hydrogens (tertiary/aromatic N) is 1. The van der Waals surface area contributed by atoms with Crippen molar-refractivity contribution in [2.24, 2.45) is 5.73 Å². The molecular weight excluding hydrogens is 200 g/mol. The number of aromatic nitrogens is 1. The first kappa shape index (κ1) is 9.61. The van der Waals surface area contributed by atoms with Gasteiger partial charge in [-0.3, -0.25) is 4.79 Å². The maximum absolute atomic E-state index is 10.8. The maximum Gasteiger partial charge on any atom is 0.321 e. The largest absolute Gasteiger partial charge is 0.480 e. The number of carbonyl (C=O) groups is 1. The number of carboxylic acid groups (broad SMARTS) is 1. The molecule has 0 saturated heterocycles. The number of thiazole rings is 1. The van der Waals surface area contributed by atoms with Gasteiger partial charge >= 0.3 is 5.97 Å². The smallest absolute Gasteiger partial charge is 0.321 e. The third-order valence-electron chi connectivity index (χ3n) is 2.78. The number of nitrogens with two attached hydrogens (primary N) is 1. The van der Waals surface area contributed by atoms with Crippen LogP contribution in [0.5, 0.6) is 0 Å². The zero-order valence-electron chi connectivity index (χ0n) is 7.86. The number of rotatable bonds is 3. The van der Waals surface area contributed by atoms with Crippen molar-refractivity contribution in [3.8, 4) is 0 Å². The summed E-state index contributed by atoms with van der Waals surface area (Å²) in [5.74, 6) is -0.937. The van der Waals surface area contributed by atoms with Gasteiger partial charge in [0.25, 0.3) is 0 Å². The van der Waals surface area contributed by atoms with Crippen LogP contribution in [-0.2, 0) is 10.2 Å². The summed E-state index contributed by atoms with van der Waals surface area (Å²) >= 11 is 1.54. The molecule has 0 aromatic carbocycles. The topological polar surface area (TPSA) is 76.2 Å². The lowest BCUT2D eigenvalue weighted by atomic mass is 9.94. The van der Waals surface area contributed by atoms with Crippen molar-refractivity contribution in [1.82, 2.24) is 4.98 Å². The van der Waals surface area contributed by atoms with Crippen molar-refractivity contribution in [2.45, 2.75) is 31.2 Å². The fraction of sp³-hybridized carbons (Fsp3) is 0.556. The molecule has 1 fully saturated rings. The van der Waals surface area contributed by atoms with Gasteiger partial charge in [-0.15, -0.1) is 11.3 Å². The number of aryl methyl sites for hydroxylation is 1. The summed E-state index contributed by atoms with van der Waals surface area (Å²) in [6.07, 6.45) is 1.67. The second-order valence-electron chi connectivity index (χ2n) is 3.72. The fourth-order valence-corrected chi connectivity index (χ4v) is 2.41. The average molecular weight is 212 g/mol. The highest BCUT2D eigenvalue weighted by molar-refractivity contribution is 7.09. The van der Waals surface area contributed by atoms with Gasteiger partial charge in [0.1, 0.15) is 6.04 Å². The highest BCUT2D eigenvalue weighted by atomic mass is 32.1. The predicted molar refractivity (Wildman–Crippen MR) is 53.4 cm³/mol. The monoisotopic (exact) mass is 212 g/mol. The maximum atomic E-state index is 10.8. The molecule has 1 heterocycles. The van der Waals surface area contributed by atoms with E-state index in [1.165, 1.54) is 0 Å². The van der Waals surface area contributed by atoms with Crippen LogP contribution in [0.4, 0.5) is 0 Å². The van der Waals surface area contributed by atoms with E-state index in [0.29, 0.717) is 0 Å². The minimum absolute atomic E-state index is 0.378. The zero-order chi connectivity index (χ0) is 10.3. The van der Waals surface area contributed by atoms with Crippen LogP contribution in [0.25, 0.3) is 0 Å². The first-order chi connectivity index (χ1) is 6.56. The lowest BCUT2D eigenvalue weighted by molar-refractivity contribution is -0.139. The van der Waals surface area contributed by atoms with Crippen molar-refractivity contribution in [3.05, 3.63) is 16.1 Å². The number of aliphatic carboxylic acids is 1. The Morgan fingerprint density at radius 1 is 1.79 bits per heavy atom. The Kier molecular flexibility index (Phi) is 2.08. The Bertz CT molecular complexity index is 371. The van der Waals surface area contributed by atoms with Crippen LogP contribution < -0.4 is 5.73 Å². The Hall–Kier alpha value is -0.940. The highest BCUT2D eigenvalue weighted by Crippen LogP contribution is 2.50. The zero-order valence-corrected chi connectivity index (χ0v) is 8.67. The van der Waals surface area contributed by atoms with Gasteiger partial charge in [-0.25, -0.2) is 4.98 Å². The van der Waals surface area contributed by atoms with Crippen molar-refractivity contribution in [2.75, 3.05) is 0 Å². The molecule has 1 aliphatic carbocycles. The van der Waals surface area contributed by atoms with Gasteiger partial charge in [0.05, 0.1) is 10.7 Å². The van der Waals surface area contributed by atoms with Gasteiger partial charge in [-0.05, 0) is 19.8 Å². The molecule has 2 rings (SSSR count). The number of carboxylic acids is 1. The summed E-state index contributed by atoms with van der Waals surface area (Å²) in [6, 6.07) is -0.816. The average Bonchev–Trinajstić information content (AvgIpc) is 2.83. The summed E-state index contributed by atoms with van der Waals surface area (Å²) in [4.78, 5) is 15.1. The molecule has 0 radical (unpaired) electrons. The van der Waals surface area contributed by atoms with Gasteiger partial charge in [-0.1, -0.05) is 0 Å². The first-order valence-corrected chi connectivity index (χ1v) is 5.35. The second kappa shape index (κ2) is 3.03. The summed E-state index contributed by atoms with van der Waals surface area (Å²) in [6.45, 7) is 1.91. The molecule has 1 aliphatic rings. The van der Waals surface area contributed by atoms with Gasteiger partial charge in [0, 0.05) is 10.8 Å². The number of hydrogen-bond acceptors (Lipinski definition) is 4. The van der Waals surface area contributed by atoms with Crippen LogP contribution >= 0.6 is 11.3 Å². The molecule has 14 heavy (non-hydrogen) atoms. The highest BCUT2D eigenvalue weighted by Gasteiger charge is 2.53. The van der Waals surface area contributed by atoms with Crippen LogP contribution in [0.2, 0.25) is 0 Å². The van der Waals surface area contributed by atoms with Crippen LogP contribution in [0.1, 0.15) is 23.5 Å². The predicted octanol–water partition coefficient (Wildman–Crippen LogP) is 0.895. The minimum atomic E-state index is -0.937. The normalized spacial score (nSPS) is 20.4. The van der Waals surface area contributed by atoms with Crippen LogP contribution in [-0.4, -0.2) is 22.1 Å². The third-order valence-corrected chi connectivity index (χ3v) is 3.55. The Labute approximate surface area is 85.8 Å². The molecule has 1 aromatic rings. The lowest BCUT2D eigenvalue weighted by Gasteiger charge is -2.16. The Morgan fingerprint density at radius 2 is 2.43 bits per heavy atom. The SMILES string of the molecule is Cc1nc(C2(C(N)C(=O)O)CC2)cs1. The third kappa shape index (κ3) is 1.33. The van der Waals surface area contributed by atoms with Crippen molar-refractivity contribution >= 4 is 17.3 Å². The molecule has 1 saturated carbocycles. The van der Waals surface area contributed by atoms with E-state index in [9.17, 15) is 4.79 Å². The van der Waals surface area contributed by atoms with E-state index in [1.54, 1.807) is 11.3 Å². The molecule has 1 atom stereocenters. The number of hydrogen-bond donors (Lipinski definition) is 2. The van der Waals surface area contributed by atoms with Gasteiger partial charge in [-0.2, -0.15) is 0 Å². The Morgan fingerprint density at radius 3 is 2.79 bits per heavy atom. The van der Waals surface area contributed by atoms with Gasteiger partial charge in [0.15, 0.2) is 0 Å². The minimum Gasteiger partial charge on any atom is -0.480 e. The quantitative estimate of drug-likeness (QED) is 0.780. The summed E-state index contributed by atoms with van der Waals surface area (Å²) < 4.78 is 0. The molecule has 5 heteroatoms. The van der Waals surface area contributed by atoms with Crippen molar-refractivity contribution in [1.29, 1.82) is 0 Å². The van der Waals surface area contributed by atoms with Gasteiger partial charge in [0.2, 0.25) is 0 Å². The molecule has 3 N–H and O–H groups in total. The molecule has 0 bridgehead atoms. The van der Waals surface area contributed by atoms with E-state index in [0.717, 1.165) is 23.5 Å². The molecular formula is C9H12N2O2S. The van der Waals surface area contributed by atoms with E-state index in [2.05, 4.69) is 4.98 Å². The standard InChI is InChI=1S/C9H12N2O2S/c1-5-11-6(4-14-5)9(2-3-9)7(10)8(12)13/h4,7H,2-3,10H2,1H3,(H,12,13). The van der Waals surface area contributed by atoms with Gasteiger partial charge < -0.3 is 10.8 Å². The van der Waals surface area contributed by atoms with E-state index >= 15 is 0 Å². The van der Waals surface area contributed by atoms with Crippen LogP contribution in [0.3, 0.4) is 0 Å². The molecule has 1 aromatic heterocycles. The summed E-state index contributed by atoms with van der Waals surface area (Å²) in [5, 5.41) is 11.8. The van der Waals surface area contributed by atoms with E-state index in [-0.39, 0.29) is 5.41 Å². The molecule has 0 amide bonds. The molecule has 0 aliphatic heterocycles. The molecule has 4 nitrogen and oxygen atoms in total. The summed E-state index contributed by atoms with van der Waals surface area (Å²) in [5.41, 5.74) is 6.14. The van der Waals surface area contributed by atoms with Crippen molar-refractivity contribution in [3.63, 3.8) is 0 Å². The molecule has 1 unspecified atom stereocenters. The van der Waals surface area contributed by atoms with Crippen molar-refractivity contribution < 1.29 is 9.90 Å². The lowest BCUT2D eigenvalue weighted by Crippen LogP contribution is -2.42. The molecule has 76 valence electrons. The van der Waals surface area contributed by atoms with E-state index in [1.807, 2.05) is 12.3 Å². The molecule has 0 spiro atoms. The second-order valence-corrected chi connectivity index (χ2v) is 4.79. The van der Waals surface area contributed by atoms with Crippen LogP contribution in [0.15, 0.2) is 5.38 Å². The first-order valence-electron chi connectivity index (χ1n) is 4.47. The summed E-state index contributed by atoms with van der Waals surface area (Å²) in [7, 11) is 0. The van der Waals surface area contributed by atoms with E-state index in [4.69, 9.17) is 10.8 Å². The Balaban J connectivity index is 2.29. The van der Waals surface area contributed by atoms with E-state index < -0.39 is 12.0 Å². The fourth-order valence-electron chi connectivity index (χ4n) is 1.69.